The number of aromatic nitrogens is 2. The van der Waals surface area contributed by atoms with Crippen molar-refractivity contribution in [2.45, 2.75) is 12.5 Å². The number of hydrogen-bond donors (Lipinski definition) is 2. The highest BCUT2D eigenvalue weighted by molar-refractivity contribution is 5.67. The SMILES string of the molecule is N[C@H](CC(=O)O)c1cnc(-c2cccc([N+](=O)[O-])c2)nc1. The van der Waals surface area contributed by atoms with Crippen molar-refractivity contribution in [1.82, 2.24) is 9.97 Å². The minimum Gasteiger partial charge on any atom is -0.481 e. The smallest absolute Gasteiger partial charge is 0.305 e. The number of benzene rings is 1. The molecule has 0 unspecified atom stereocenters. The summed E-state index contributed by atoms with van der Waals surface area (Å²) in [5.41, 5.74) is 6.64. The second-order valence-electron chi connectivity index (χ2n) is 4.35. The molecule has 1 aromatic heterocycles. The Morgan fingerprint density at radius 2 is 2.05 bits per heavy atom. The Morgan fingerprint density at radius 3 is 2.62 bits per heavy atom. The van der Waals surface area contributed by atoms with Gasteiger partial charge in [0, 0.05) is 41.7 Å². The van der Waals surface area contributed by atoms with Gasteiger partial charge in [-0.3, -0.25) is 14.9 Å². The molecule has 21 heavy (non-hydrogen) atoms. The van der Waals surface area contributed by atoms with E-state index in [0.717, 1.165) is 0 Å². The first-order valence-electron chi connectivity index (χ1n) is 6.01. The number of carboxylic acids is 1. The number of carbonyl (C=O) groups is 1. The highest BCUT2D eigenvalue weighted by atomic mass is 16.6. The molecule has 8 heteroatoms. The summed E-state index contributed by atoms with van der Waals surface area (Å²) in [4.78, 5) is 29.0. The van der Waals surface area contributed by atoms with Crippen LogP contribution in [0.4, 0.5) is 5.69 Å². The maximum Gasteiger partial charge on any atom is 0.305 e. The number of nitrogens with zero attached hydrogens (tertiary/aromatic N) is 3. The first-order chi connectivity index (χ1) is 9.97. The molecule has 3 N–H and O–H groups in total. The largest absolute Gasteiger partial charge is 0.481 e. The molecular weight excluding hydrogens is 276 g/mol. The minimum absolute atomic E-state index is 0.0530. The second-order valence-corrected chi connectivity index (χ2v) is 4.35. The Labute approximate surface area is 119 Å². The number of nitro groups is 1. The molecule has 108 valence electrons. The van der Waals surface area contributed by atoms with Crippen LogP contribution in [0.25, 0.3) is 11.4 Å². The van der Waals surface area contributed by atoms with Gasteiger partial charge in [-0.05, 0) is 0 Å². The first kappa shape index (κ1) is 14.5. The summed E-state index contributed by atoms with van der Waals surface area (Å²) in [6.07, 6.45) is 2.63. The summed E-state index contributed by atoms with van der Waals surface area (Å²) in [6, 6.07) is 5.24. The summed E-state index contributed by atoms with van der Waals surface area (Å²) >= 11 is 0. The molecule has 0 saturated heterocycles. The fourth-order valence-corrected chi connectivity index (χ4v) is 1.74. The summed E-state index contributed by atoms with van der Waals surface area (Å²) < 4.78 is 0. The second kappa shape index (κ2) is 6.06. The summed E-state index contributed by atoms with van der Waals surface area (Å²) in [5, 5.41) is 19.4. The van der Waals surface area contributed by atoms with Crippen LogP contribution >= 0.6 is 0 Å². The molecule has 2 rings (SSSR count). The topological polar surface area (TPSA) is 132 Å². The van der Waals surface area contributed by atoms with Crippen LogP contribution in [0.2, 0.25) is 0 Å². The van der Waals surface area contributed by atoms with Gasteiger partial charge in [0.05, 0.1) is 11.3 Å². The zero-order valence-electron chi connectivity index (χ0n) is 10.8. The van der Waals surface area contributed by atoms with Gasteiger partial charge in [-0.15, -0.1) is 0 Å². The predicted octanol–water partition coefficient (Wildman–Crippen LogP) is 1.53. The Balaban J connectivity index is 2.24. The van der Waals surface area contributed by atoms with E-state index in [4.69, 9.17) is 10.8 Å². The van der Waals surface area contributed by atoms with Crippen molar-refractivity contribution in [3.63, 3.8) is 0 Å². The van der Waals surface area contributed by atoms with E-state index < -0.39 is 16.9 Å². The molecule has 0 fully saturated rings. The van der Waals surface area contributed by atoms with Gasteiger partial charge < -0.3 is 10.8 Å². The molecule has 0 spiro atoms. The third kappa shape index (κ3) is 3.57. The molecule has 0 aliphatic heterocycles. The highest BCUT2D eigenvalue weighted by Crippen LogP contribution is 2.21. The van der Waals surface area contributed by atoms with Crippen molar-refractivity contribution in [1.29, 1.82) is 0 Å². The molecule has 0 aliphatic rings. The lowest BCUT2D eigenvalue weighted by Crippen LogP contribution is -2.15. The van der Waals surface area contributed by atoms with Gasteiger partial charge in [-0.2, -0.15) is 0 Å². The van der Waals surface area contributed by atoms with E-state index in [0.29, 0.717) is 17.0 Å². The molecule has 2 aromatic rings. The van der Waals surface area contributed by atoms with Gasteiger partial charge in [-0.1, -0.05) is 12.1 Å². The van der Waals surface area contributed by atoms with Crippen LogP contribution < -0.4 is 5.73 Å². The van der Waals surface area contributed by atoms with E-state index in [1.807, 2.05) is 0 Å². The van der Waals surface area contributed by atoms with Crippen molar-refractivity contribution < 1.29 is 14.8 Å². The molecular formula is C13H12N4O4. The Bertz CT molecular complexity index is 672. The van der Waals surface area contributed by atoms with Crippen LogP contribution in [0, 0.1) is 10.1 Å². The van der Waals surface area contributed by atoms with Crippen LogP contribution in [-0.2, 0) is 4.79 Å². The van der Waals surface area contributed by atoms with Crippen LogP contribution in [0.15, 0.2) is 36.7 Å². The summed E-state index contributed by atoms with van der Waals surface area (Å²) in [5.74, 6) is -0.699. The van der Waals surface area contributed by atoms with Crippen molar-refractivity contribution in [2.75, 3.05) is 0 Å². The molecule has 1 aromatic carbocycles. The number of nitro benzene ring substituents is 1. The summed E-state index contributed by atoms with van der Waals surface area (Å²) in [7, 11) is 0. The number of aliphatic carboxylic acids is 1. The van der Waals surface area contributed by atoms with E-state index in [1.165, 1.54) is 24.5 Å². The maximum atomic E-state index is 10.7. The third-order valence-corrected chi connectivity index (χ3v) is 2.81. The fraction of sp³-hybridized carbons (Fsp3) is 0.154. The number of rotatable bonds is 5. The number of hydrogen-bond acceptors (Lipinski definition) is 6. The predicted molar refractivity (Wildman–Crippen MR) is 73.3 cm³/mol. The van der Waals surface area contributed by atoms with E-state index >= 15 is 0 Å². The van der Waals surface area contributed by atoms with Gasteiger partial charge >= 0.3 is 5.97 Å². The van der Waals surface area contributed by atoms with Gasteiger partial charge in [0.1, 0.15) is 0 Å². The molecule has 0 saturated carbocycles. The summed E-state index contributed by atoms with van der Waals surface area (Å²) in [6.45, 7) is 0. The Kier molecular flexibility index (Phi) is 4.19. The lowest BCUT2D eigenvalue weighted by atomic mass is 10.1. The normalized spacial score (nSPS) is 11.9. The van der Waals surface area contributed by atoms with Crippen molar-refractivity contribution >= 4 is 11.7 Å². The standard InChI is InChI=1S/C13H12N4O4/c14-11(5-12(18)19)9-6-15-13(16-7-9)8-2-1-3-10(4-8)17(20)21/h1-4,6-7,11H,5,14H2,(H,18,19)/t11-/m1/s1. The lowest BCUT2D eigenvalue weighted by molar-refractivity contribution is -0.384. The van der Waals surface area contributed by atoms with Crippen LogP contribution in [-0.4, -0.2) is 26.0 Å². The van der Waals surface area contributed by atoms with E-state index in [9.17, 15) is 14.9 Å². The van der Waals surface area contributed by atoms with Gasteiger partial charge in [-0.25, -0.2) is 9.97 Å². The molecule has 1 atom stereocenters. The Hall–Kier alpha value is -2.87. The van der Waals surface area contributed by atoms with Crippen LogP contribution in [0.3, 0.4) is 0 Å². The monoisotopic (exact) mass is 288 g/mol. The zero-order valence-corrected chi connectivity index (χ0v) is 10.8. The Morgan fingerprint density at radius 1 is 1.38 bits per heavy atom. The van der Waals surface area contributed by atoms with E-state index in [1.54, 1.807) is 12.1 Å². The number of non-ortho nitro benzene ring substituents is 1. The molecule has 0 radical (unpaired) electrons. The van der Waals surface area contributed by atoms with E-state index in [-0.39, 0.29) is 12.1 Å². The fourth-order valence-electron chi connectivity index (χ4n) is 1.74. The maximum absolute atomic E-state index is 10.7. The van der Waals surface area contributed by atoms with Crippen molar-refractivity contribution in [2.24, 2.45) is 5.73 Å². The first-order valence-corrected chi connectivity index (χ1v) is 6.01. The number of nitrogens with two attached hydrogens (primary N) is 1. The van der Waals surface area contributed by atoms with Crippen molar-refractivity contribution in [3.05, 3.63) is 52.3 Å². The third-order valence-electron chi connectivity index (χ3n) is 2.81. The minimum atomic E-state index is -1.01. The highest BCUT2D eigenvalue weighted by Gasteiger charge is 2.13. The lowest BCUT2D eigenvalue weighted by Gasteiger charge is -2.08. The van der Waals surface area contributed by atoms with Crippen molar-refractivity contribution in [3.8, 4) is 11.4 Å². The van der Waals surface area contributed by atoms with Crippen LogP contribution in [0.5, 0.6) is 0 Å². The average Bonchev–Trinajstić information content (AvgIpc) is 2.47. The van der Waals surface area contributed by atoms with Crippen LogP contribution in [0.1, 0.15) is 18.0 Å². The number of carboxylic acid groups (broad SMARTS) is 1. The van der Waals surface area contributed by atoms with Gasteiger partial charge in [0.25, 0.3) is 5.69 Å². The van der Waals surface area contributed by atoms with Gasteiger partial charge in [0.15, 0.2) is 5.82 Å². The molecule has 0 bridgehead atoms. The molecule has 1 heterocycles. The zero-order chi connectivity index (χ0) is 15.4. The molecule has 0 amide bonds. The average molecular weight is 288 g/mol. The van der Waals surface area contributed by atoms with E-state index in [2.05, 4.69) is 9.97 Å². The quantitative estimate of drug-likeness (QED) is 0.629. The molecule has 0 aliphatic carbocycles. The van der Waals surface area contributed by atoms with Gasteiger partial charge in [0.2, 0.25) is 0 Å². The molecule has 8 nitrogen and oxygen atoms in total.